The Morgan fingerprint density at radius 2 is 0.500 bits per heavy atom. The van der Waals surface area contributed by atoms with Crippen LogP contribution in [0.1, 0.15) is 0 Å². The molecular formula is C12H24I2N6. The van der Waals surface area contributed by atoms with E-state index in [2.05, 4.69) is 109 Å². The molecule has 0 unspecified atom stereocenters. The van der Waals surface area contributed by atoms with Crippen LogP contribution in [0.15, 0.2) is 0 Å². The largest absolute Gasteiger partial charge is 0.270 e. The van der Waals surface area contributed by atoms with Crippen LogP contribution in [0.3, 0.4) is 0 Å². The summed E-state index contributed by atoms with van der Waals surface area (Å²) in [5, 5.41) is 0. The van der Waals surface area contributed by atoms with Crippen molar-refractivity contribution >= 4 is 37.2 Å². The lowest BCUT2D eigenvalue weighted by Gasteiger charge is -2.52. The highest BCUT2D eigenvalue weighted by molar-refractivity contribution is 15.0. The van der Waals surface area contributed by atoms with E-state index >= 15 is 0 Å². The molecule has 0 atom stereocenters. The third kappa shape index (κ3) is 1.70. The fourth-order valence-electron chi connectivity index (χ4n) is 5.19. The molecule has 6 nitrogen and oxygen atoms in total. The van der Waals surface area contributed by atoms with Gasteiger partial charge in [0.1, 0.15) is 0 Å². The molecule has 20 heavy (non-hydrogen) atoms. The number of hydrogen-bond donors (Lipinski definition) is 0. The van der Waals surface area contributed by atoms with Crippen LogP contribution in [-0.4, -0.2) is 109 Å². The maximum Gasteiger partial charge on any atom is 0.0943 e. The molecule has 5 saturated heterocycles. The van der Waals surface area contributed by atoms with Crippen molar-refractivity contribution in [3.63, 3.8) is 0 Å². The van der Waals surface area contributed by atoms with Crippen molar-refractivity contribution in [1.82, 2.24) is 29.4 Å². The van der Waals surface area contributed by atoms with Gasteiger partial charge >= 0.3 is 0 Å². The molecule has 0 N–H and O–H groups in total. The van der Waals surface area contributed by atoms with E-state index in [4.69, 9.17) is 0 Å². The lowest BCUT2D eigenvalue weighted by molar-refractivity contribution is -0.124. The smallest absolute Gasteiger partial charge is 0.0943 e. The summed E-state index contributed by atoms with van der Waals surface area (Å²) in [6.45, 7) is 0. The molecule has 0 aliphatic carbocycles. The molecule has 5 aliphatic rings. The molecule has 5 aliphatic heterocycles. The zero-order valence-electron chi connectivity index (χ0n) is 12.9. The van der Waals surface area contributed by atoms with Crippen LogP contribution in [0.25, 0.3) is 0 Å². The van der Waals surface area contributed by atoms with Gasteiger partial charge < -0.3 is 0 Å². The highest BCUT2D eigenvalue weighted by Crippen LogP contribution is 2.47. The molecule has 0 aromatic rings. The van der Waals surface area contributed by atoms with Crippen LogP contribution in [-0.2, 0) is 0 Å². The van der Waals surface area contributed by atoms with Gasteiger partial charge in [-0.15, -0.1) is 0 Å². The van der Waals surface area contributed by atoms with Gasteiger partial charge in [0.05, 0.1) is 37.0 Å². The second-order valence-electron chi connectivity index (χ2n) is 6.47. The molecule has 0 aromatic carbocycles. The normalized spacial score (nSPS) is 49.8. The summed E-state index contributed by atoms with van der Waals surface area (Å²) >= 11 is 4.24. The third-order valence-corrected chi connectivity index (χ3v) is 5.81. The Morgan fingerprint density at radius 1 is 0.400 bits per heavy atom. The average molecular weight is 506 g/mol. The second kappa shape index (κ2) is 5.39. The Hall–Kier alpha value is 1.22. The molecule has 116 valence electrons. The summed E-state index contributed by atoms with van der Waals surface area (Å²) in [5.74, 6) is 0. The second-order valence-corrected chi connectivity index (χ2v) is 6.47. The van der Waals surface area contributed by atoms with E-state index in [1.807, 2.05) is 0 Å². The van der Waals surface area contributed by atoms with Crippen molar-refractivity contribution in [3.05, 3.63) is 0 Å². The lowest BCUT2D eigenvalue weighted by atomic mass is 10.1. The summed E-state index contributed by atoms with van der Waals surface area (Å²) < 4.78 is 0. The first-order valence-electron chi connectivity index (χ1n) is 6.92. The number of rotatable bonds is 0. The fraction of sp³-hybridized carbons (Fsp3) is 1.00. The van der Waals surface area contributed by atoms with Crippen molar-refractivity contribution in [2.45, 2.75) is 37.0 Å². The van der Waals surface area contributed by atoms with Gasteiger partial charge in [0.25, 0.3) is 0 Å². The number of likely N-dealkylation sites (N-methyl/N-ethyl adjacent to an activating group) is 6. The number of halogens is 2. The standard InChI is InChI=1S/C12H24N6.I2/c1-13-7-8-14(2)11(13)12-15(3)9(17(7)5)10(16(12)4)18(8)6;1-2/h7-12H,1-6H3;. The van der Waals surface area contributed by atoms with E-state index in [1.54, 1.807) is 0 Å². The first-order chi connectivity index (χ1) is 9.46. The van der Waals surface area contributed by atoms with E-state index in [-0.39, 0.29) is 0 Å². The summed E-state index contributed by atoms with van der Waals surface area (Å²) in [6, 6.07) is 0. The minimum absolute atomic E-state index is 0.484. The van der Waals surface area contributed by atoms with Crippen molar-refractivity contribution in [1.29, 1.82) is 0 Å². The maximum atomic E-state index is 2.56. The molecule has 0 amide bonds. The van der Waals surface area contributed by atoms with Gasteiger partial charge in [-0.3, -0.25) is 29.4 Å². The van der Waals surface area contributed by atoms with Crippen LogP contribution >= 0.6 is 37.2 Å². The number of piperazine rings is 1. The molecular weight excluding hydrogens is 482 g/mol. The Balaban J connectivity index is 0.000000581. The van der Waals surface area contributed by atoms with Crippen LogP contribution in [0.2, 0.25) is 0 Å². The fourth-order valence-corrected chi connectivity index (χ4v) is 5.19. The SMILES string of the molecule is CN1C2C3N(C)C1C1N(C)C(C(N1C)N3C)N2C.II. The highest BCUT2D eigenvalue weighted by Gasteiger charge is 2.67. The molecule has 6 bridgehead atoms. The summed E-state index contributed by atoms with van der Waals surface area (Å²) in [6.07, 6.45) is 2.99. The van der Waals surface area contributed by atoms with E-state index in [0.29, 0.717) is 37.0 Å². The Kier molecular flexibility index (Phi) is 4.34. The Bertz CT molecular complexity index is 330. The van der Waals surface area contributed by atoms with Gasteiger partial charge in [-0.1, -0.05) is 0 Å². The third-order valence-electron chi connectivity index (χ3n) is 5.81. The van der Waals surface area contributed by atoms with Crippen molar-refractivity contribution < 1.29 is 0 Å². The number of hydrogen-bond acceptors (Lipinski definition) is 6. The Labute approximate surface area is 145 Å². The zero-order chi connectivity index (χ0) is 14.9. The summed E-state index contributed by atoms with van der Waals surface area (Å²) in [5.41, 5.74) is 0. The lowest BCUT2D eigenvalue weighted by Crippen LogP contribution is -2.71. The first-order valence-corrected chi connectivity index (χ1v) is 13.2. The maximum absolute atomic E-state index is 2.56. The van der Waals surface area contributed by atoms with Crippen LogP contribution in [0.5, 0.6) is 0 Å². The van der Waals surface area contributed by atoms with E-state index in [9.17, 15) is 0 Å². The van der Waals surface area contributed by atoms with Gasteiger partial charge in [-0.2, -0.15) is 0 Å². The quantitative estimate of drug-likeness (QED) is 0.440. The molecule has 0 aromatic heterocycles. The predicted molar refractivity (Wildman–Crippen MR) is 97.3 cm³/mol. The molecule has 5 heterocycles. The minimum Gasteiger partial charge on any atom is -0.270 e. The molecule has 5 rings (SSSR count). The molecule has 0 saturated carbocycles. The molecule has 5 fully saturated rings. The van der Waals surface area contributed by atoms with E-state index in [1.165, 1.54) is 0 Å². The van der Waals surface area contributed by atoms with Crippen LogP contribution in [0.4, 0.5) is 0 Å². The average Bonchev–Trinajstić information content (AvgIpc) is 2.79. The summed E-state index contributed by atoms with van der Waals surface area (Å²) in [4.78, 5) is 15.3. The monoisotopic (exact) mass is 506 g/mol. The highest BCUT2D eigenvalue weighted by atomic mass is 128. The van der Waals surface area contributed by atoms with Gasteiger partial charge in [-0.25, -0.2) is 0 Å². The minimum atomic E-state index is 0.484. The summed E-state index contributed by atoms with van der Waals surface area (Å²) in [7, 11) is 13.7. The Morgan fingerprint density at radius 3 is 0.600 bits per heavy atom. The topological polar surface area (TPSA) is 19.4 Å². The van der Waals surface area contributed by atoms with Gasteiger partial charge in [-0.05, 0) is 42.3 Å². The van der Waals surface area contributed by atoms with Crippen molar-refractivity contribution in [2.24, 2.45) is 0 Å². The van der Waals surface area contributed by atoms with Gasteiger partial charge in [0.2, 0.25) is 0 Å². The zero-order valence-corrected chi connectivity index (χ0v) is 17.2. The van der Waals surface area contributed by atoms with Crippen molar-refractivity contribution in [2.75, 3.05) is 42.3 Å². The molecule has 0 radical (unpaired) electrons. The van der Waals surface area contributed by atoms with Gasteiger partial charge in [0, 0.05) is 37.2 Å². The first kappa shape index (κ1) is 16.1. The molecule has 8 heteroatoms. The van der Waals surface area contributed by atoms with E-state index in [0.717, 1.165) is 0 Å². The van der Waals surface area contributed by atoms with Crippen LogP contribution < -0.4 is 0 Å². The van der Waals surface area contributed by atoms with Crippen LogP contribution in [0, 0.1) is 0 Å². The molecule has 0 spiro atoms. The van der Waals surface area contributed by atoms with Gasteiger partial charge in [0.15, 0.2) is 0 Å². The predicted octanol–water partition coefficient (Wildman–Crippen LogP) is 0.360. The van der Waals surface area contributed by atoms with Crippen molar-refractivity contribution in [3.8, 4) is 0 Å². The number of nitrogens with zero attached hydrogens (tertiary/aromatic N) is 6. The van der Waals surface area contributed by atoms with E-state index < -0.39 is 0 Å².